The molecular weight excluding hydrogens is 314 g/mol. The summed E-state index contributed by atoms with van der Waals surface area (Å²) in [6.45, 7) is 8.57. The molecule has 2 aromatic rings. The summed E-state index contributed by atoms with van der Waals surface area (Å²) in [6, 6.07) is 4.01. The molecule has 0 radical (unpaired) electrons. The molecule has 2 heterocycles. The van der Waals surface area contributed by atoms with Crippen molar-refractivity contribution in [1.29, 1.82) is 0 Å². The predicted molar refractivity (Wildman–Crippen MR) is 94.5 cm³/mol. The SMILES string of the molecule is Cc1nc(-c2cccs2)sc1C(=O)NC(C)(CN)CC(C)C. The highest BCUT2D eigenvalue weighted by Gasteiger charge is 2.28. The van der Waals surface area contributed by atoms with Crippen molar-refractivity contribution in [2.24, 2.45) is 11.7 Å². The van der Waals surface area contributed by atoms with Gasteiger partial charge in [-0.1, -0.05) is 19.9 Å². The van der Waals surface area contributed by atoms with Crippen LogP contribution in [0.4, 0.5) is 0 Å². The summed E-state index contributed by atoms with van der Waals surface area (Å²) in [4.78, 5) is 18.9. The molecule has 0 saturated carbocycles. The highest BCUT2D eigenvalue weighted by atomic mass is 32.1. The lowest BCUT2D eigenvalue weighted by atomic mass is 9.90. The van der Waals surface area contributed by atoms with Crippen molar-refractivity contribution in [2.45, 2.75) is 39.7 Å². The molecule has 0 spiro atoms. The lowest BCUT2D eigenvalue weighted by Crippen LogP contribution is -2.52. The predicted octanol–water partition coefficient (Wildman–Crippen LogP) is 3.67. The van der Waals surface area contributed by atoms with Gasteiger partial charge in [0.1, 0.15) is 9.88 Å². The van der Waals surface area contributed by atoms with E-state index in [9.17, 15) is 4.79 Å². The number of nitrogens with one attached hydrogen (secondary N) is 1. The van der Waals surface area contributed by atoms with Crippen molar-refractivity contribution < 1.29 is 4.79 Å². The number of hydrogen-bond donors (Lipinski definition) is 2. The number of nitrogens with two attached hydrogens (primary N) is 1. The molecule has 2 rings (SSSR count). The zero-order valence-electron chi connectivity index (χ0n) is 13.5. The van der Waals surface area contributed by atoms with E-state index in [4.69, 9.17) is 5.73 Å². The Bertz CT molecular complexity index is 634. The fourth-order valence-corrected chi connectivity index (χ4v) is 4.29. The standard InChI is InChI=1S/C16H23N3OS2/c1-10(2)8-16(4,9-17)19-14(20)13-11(3)18-15(22-13)12-6-5-7-21-12/h5-7,10H,8-9,17H2,1-4H3,(H,19,20). The fourth-order valence-electron chi connectivity index (χ4n) is 2.53. The molecule has 0 aliphatic rings. The third-order valence-corrected chi connectivity index (χ3v) is 5.65. The van der Waals surface area contributed by atoms with Crippen LogP contribution < -0.4 is 11.1 Å². The van der Waals surface area contributed by atoms with Crippen LogP contribution in [-0.2, 0) is 0 Å². The molecule has 4 nitrogen and oxygen atoms in total. The maximum Gasteiger partial charge on any atom is 0.263 e. The van der Waals surface area contributed by atoms with E-state index in [0.29, 0.717) is 17.3 Å². The van der Waals surface area contributed by atoms with Crippen LogP contribution in [0.3, 0.4) is 0 Å². The lowest BCUT2D eigenvalue weighted by molar-refractivity contribution is 0.0901. The van der Waals surface area contributed by atoms with Crippen molar-refractivity contribution in [3.63, 3.8) is 0 Å². The van der Waals surface area contributed by atoms with Crippen molar-refractivity contribution in [3.05, 3.63) is 28.1 Å². The van der Waals surface area contributed by atoms with Crippen LogP contribution in [0.1, 0.15) is 42.6 Å². The molecule has 0 aliphatic heterocycles. The minimum Gasteiger partial charge on any atom is -0.345 e. The van der Waals surface area contributed by atoms with Crippen LogP contribution >= 0.6 is 22.7 Å². The number of thiophene rings is 1. The van der Waals surface area contributed by atoms with E-state index in [0.717, 1.165) is 22.0 Å². The Hall–Kier alpha value is -1.24. The molecule has 3 N–H and O–H groups in total. The van der Waals surface area contributed by atoms with Crippen molar-refractivity contribution >= 4 is 28.6 Å². The van der Waals surface area contributed by atoms with Gasteiger partial charge in [0, 0.05) is 6.54 Å². The Morgan fingerprint density at radius 2 is 2.23 bits per heavy atom. The summed E-state index contributed by atoms with van der Waals surface area (Å²) in [6.07, 6.45) is 0.852. The molecule has 0 aliphatic carbocycles. The number of carbonyl (C=O) groups is 1. The molecule has 22 heavy (non-hydrogen) atoms. The maximum atomic E-state index is 12.6. The van der Waals surface area contributed by atoms with Gasteiger partial charge in [-0.25, -0.2) is 4.98 Å². The number of aryl methyl sites for hydroxylation is 1. The number of carbonyl (C=O) groups excluding carboxylic acids is 1. The van der Waals surface area contributed by atoms with Gasteiger partial charge in [0.05, 0.1) is 16.1 Å². The second kappa shape index (κ2) is 6.89. The van der Waals surface area contributed by atoms with Crippen LogP contribution in [0.25, 0.3) is 9.88 Å². The van der Waals surface area contributed by atoms with Crippen LogP contribution in [0.5, 0.6) is 0 Å². The first kappa shape index (κ1) is 17.1. The normalized spacial score (nSPS) is 14.1. The summed E-state index contributed by atoms with van der Waals surface area (Å²) in [5.41, 5.74) is 6.27. The molecule has 0 bridgehead atoms. The fraction of sp³-hybridized carbons (Fsp3) is 0.500. The first-order valence-corrected chi connectivity index (χ1v) is 9.08. The van der Waals surface area contributed by atoms with Crippen LogP contribution in [0.2, 0.25) is 0 Å². The van der Waals surface area contributed by atoms with Gasteiger partial charge in [0.25, 0.3) is 5.91 Å². The number of amides is 1. The minimum absolute atomic E-state index is 0.0774. The van der Waals surface area contributed by atoms with Gasteiger partial charge in [-0.15, -0.1) is 22.7 Å². The van der Waals surface area contributed by atoms with Gasteiger partial charge in [0.15, 0.2) is 0 Å². The van der Waals surface area contributed by atoms with Gasteiger partial charge < -0.3 is 11.1 Å². The lowest BCUT2D eigenvalue weighted by Gasteiger charge is -2.31. The van der Waals surface area contributed by atoms with Crippen LogP contribution in [-0.4, -0.2) is 23.0 Å². The van der Waals surface area contributed by atoms with Crippen molar-refractivity contribution in [3.8, 4) is 9.88 Å². The largest absolute Gasteiger partial charge is 0.345 e. The Morgan fingerprint density at radius 3 is 2.77 bits per heavy atom. The Morgan fingerprint density at radius 1 is 1.50 bits per heavy atom. The van der Waals surface area contributed by atoms with E-state index >= 15 is 0 Å². The van der Waals surface area contributed by atoms with E-state index in [1.54, 1.807) is 11.3 Å². The summed E-state index contributed by atoms with van der Waals surface area (Å²) >= 11 is 3.07. The number of aromatic nitrogens is 1. The van der Waals surface area contributed by atoms with E-state index in [-0.39, 0.29) is 11.4 Å². The highest BCUT2D eigenvalue weighted by Crippen LogP contribution is 2.31. The molecule has 1 amide bonds. The van der Waals surface area contributed by atoms with Gasteiger partial charge in [-0.2, -0.15) is 0 Å². The molecule has 6 heteroatoms. The van der Waals surface area contributed by atoms with E-state index in [1.807, 2.05) is 31.4 Å². The molecule has 120 valence electrons. The Balaban J connectivity index is 2.19. The van der Waals surface area contributed by atoms with Gasteiger partial charge >= 0.3 is 0 Å². The second-order valence-corrected chi connectivity index (χ2v) is 8.17. The van der Waals surface area contributed by atoms with E-state index in [1.165, 1.54) is 11.3 Å². The third kappa shape index (κ3) is 3.94. The molecule has 1 atom stereocenters. The molecule has 1 unspecified atom stereocenters. The molecule has 0 aromatic carbocycles. The minimum atomic E-state index is -0.384. The summed E-state index contributed by atoms with van der Waals surface area (Å²) in [5.74, 6) is 0.393. The van der Waals surface area contributed by atoms with Crippen LogP contribution in [0, 0.1) is 12.8 Å². The molecule has 2 aromatic heterocycles. The average Bonchev–Trinajstić information content (AvgIpc) is 3.06. The topological polar surface area (TPSA) is 68.0 Å². The van der Waals surface area contributed by atoms with Crippen molar-refractivity contribution in [1.82, 2.24) is 10.3 Å². The zero-order chi connectivity index (χ0) is 16.3. The van der Waals surface area contributed by atoms with Crippen LogP contribution in [0.15, 0.2) is 17.5 Å². The van der Waals surface area contributed by atoms with E-state index in [2.05, 4.69) is 24.1 Å². The summed E-state index contributed by atoms with van der Waals surface area (Å²) < 4.78 is 0. The number of thiazole rings is 1. The quantitative estimate of drug-likeness (QED) is 0.845. The van der Waals surface area contributed by atoms with Gasteiger partial charge in [-0.3, -0.25) is 4.79 Å². The highest BCUT2D eigenvalue weighted by molar-refractivity contribution is 7.22. The molecule has 0 fully saturated rings. The first-order valence-electron chi connectivity index (χ1n) is 7.38. The smallest absolute Gasteiger partial charge is 0.263 e. The second-order valence-electron chi connectivity index (χ2n) is 6.23. The third-order valence-electron chi connectivity index (χ3n) is 3.46. The van der Waals surface area contributed by atoms with Gasteiger partial charge in [0.2, 0.25) is 0 Å². The van der Waals surface area contributed by atoms with Gasteiger partial charge in [-0.05, 0) is 37.6 Å². The average molecular weight is 338 g/mol. The van der Waals surface area contributed by atoms with E-state index < -0.39 is 0 Å². The Kier molecular flexibility index (Phi) is 5.36. The summed E-state index contributed by atoms with van der Waals surface area (Å²) in [7, 11) is 0. The Labute approximate surface area is 139 Å². The molecule has 0 saturated heterocycles. The molecular formula is C16H23N3OS2. The monoisotopic (exact) mass is 337 g/mol. The van der Waals surface area contributed by atoms with Crippen molar-refractivity contribution in [2.75, 3.05) is 6.54 Å². The number of nitrogens with zero attached hydrogens (tertiary/aromatic N) is 1. The maximum absolute atomic E-state index is 12.6. The summed E-state index contributed by atoms with van der Waals surface area (Å²) in [5, 5.41) is 6.01. The zero-order valence-corrected chi connectivity index (χ0v) is 15.1. The first-order chi connectivity index (χ1) is 10.3. The number of rotatable bonds is 6. The number of hydrogen-bond acceptors (Lipinski definition) is 5.